The molecule has 0 spiro atoms. The van der Waals surface area contributed by atoms with E-state index >= 15 is 0 Å². The van der Waals surface area contributed by atoms with Crippen molar-refractivity contribution in [1.82, 2.24) is 20.1 Å². The van der Waals surface area contributed by atoms with Crippen molar-refractivity contribution in [1.29, 1.82) is 0 Å². The van der Waals surface area contributed by atoms with E-state index < -0.39 is 17.8 Å². The van der Waals surface area contributed by atoms with Crippen LogP contribution in [0, 0.1) is 11.8 Å². The van der Waals surface area contributed by atoms with Gasteiger partial charge in [0, 0.05) is 0 Å². The maximum atomic E-state index is 12.5. The van der Waals surface area contributed by atoms with E-state index in [1.807, 2.05) is 43.3 Å². The number of hydrogen-bond acceptors (Lipinski definition) is 4. The van der Waals surface area contributed by atoms with Crippen LogP contribution in [-0.2, 0) is 9.59 Å². The van der Waals surface area contributed by atoms with Crippen LogP contribution in [0.1, 0.15) is 31.4 Å². The van der Waals surface area contributed by atoms with Crippen LogP contribution >= 0.6 is 0 Å². The summed E-state index contributed by atoms with van der Waals surface area (Å²) in [6, 6.07) is 7.42. The fraction of sp³-hybridized carbons (Fsp3) is 0.333. The van der Waals surface area contributed by atoms with Crippen LogP contribution in [0.25, 0.3) is 5.69 Å². The Labute approximate surface area is 145 Å². The number of carboxylic acids is 1. The van der Waals surface area contributed by atoms with Gasteiger partial charge >= 0.3 is 5.97 Å². The molecule has 1 aromatic carbocycles. The summed E-state index contributed by atoms with van der Waals surface area (Å²) in [7, 11) is 0. The molecule has 0 fully saturated rings. The lowest BCUT2D eigenvalue weighted by Gasteiger charge is -2.26. The monoisotopic (exact) mass is 340 g/mol. The van der Waals surface area contributed by atoms with Gasteiger partial charge < -0.3 is 10.4 Å². The fourth-order valence-electron chi connectivity index (χ4n) is 3.04. The summed E-state index contributed by atoms with van der Waals surface area (Å²) < 4.78 is 1.65. The molecule has 1 heterocycles. The molecule has 1 aliphatic carbocycles. The number of allylic oxidation sites excluding steroid dienone is 2. The minimum Gasteiger partial charge on any atom is -0.481 e. The summed E-state index contributed by atoms with van der Waals surface area (Å²) in [5.41, 5.74) is 1.82. The van der Waals surface area contributed by atoms with Gasteiger partial charge in [0.25, 0.3) is 0 Å². The van der Waals surface area contributed by atoms with Gasteiger partial charge in [-0.3, -0.25) is 9.59 Å². The van der Waals surface area contributed by atoms with Crippen LogP contribution in [0.4, 0.5) is 0 Å². The highest BCUT2D eigenvalue weighted by atomic mass is 16.4. The molecule has 0 radical (unpaired) electrons. The first-order valence-corrected chi connectivity index (χ1v) is 8.19. The number of rotatable bonds is 5. The van der Waals surface area contributed by atoms with E-state index in [2.05, 4.69) is 15.4 Å². The number of carbonyl (C=O) groups is 2. The van der Waals surface area contributed by atoms with Gasteiger partial charge in [0.2, 0.25) is 5.91 Å². The highest BCUT2D eigenvalue weighted by Crippen LogP contribution is 2.27. The Morgan fingerprint density at radius 2 is 1.88 bits per heavy atom. The summed E-state index contributed by atoms with van der Waals surface area (Å²) in [6.45, 7) is 1.89. The van der Waals surface area contributed by atoms with Crippen LogP contribution in [0.5, 0.6) is 0 Å². The van der Waals surface area contributed by atoms with Gasteiger partial charge in [0.15, 0.2) is 0 Å². The van der Waals surface area contributed by atoms with Crippen LogP contribution in [0.15, 0.2) is 49.1 Å². The first kappa shape index (κ1) is 16.9. The third-order valence-electron chi connectivity index (χ3n) is 4.52. The summed E-state index contributed by atoms with van der Waals surface area (Å²) >= 11 is 0. The minimum atomic E-state index is -0.922. The minimum absolute atomic E-state index is 0.211. The van der Waals surface area contributed by atoms with E-state index in [4.69, 9.17) is 0 Å². The van der Waals surface area contributed by atoms with Crippen molar-refractivity contribution in [3.63, 3.8) is 0 Å². The van der Waals surface area contributed by atoms with Crippen molar-refractivity contribution in [3.05, 3.63) is 54.6 Å². The van der Waals surface area contributed by atoms with Gasteiger partial charge in [0.1, 0.15) is 12.7 Å². The van der Waals surface area contributed by atoms with Crippen molar-refractivity contribution < 1.29 is 14.7 Å². The predicted octanol–water partition coefficient (Wildman–Crippen LogP) is 2.11. The number of hydrogen-bond donors (Lipinski definition) is 2. The van der Waals surface area contributed by atoms with Crippen molar-refractivity contribution in [2.24, 2.45) is 11.8 Å². The zero-order valence-corrected chi connectivity index (χ0v) is 13.9. The number of carboxylic acid groups (broad SMARTS) is 1. The number of carbonyl (C=O) groups excluding carboxylic acids is 1. The Kier molecular flexibility index (Phi) is 4.92. The molecule has 1 aromatic heterocycles. The highest BCUT2D eigenvalue weighted by molar-refractivity contribution is 5.85. The zero-order chi connectivity index (χ0) is 17.8. The van der Waals surface area contributed by atoms with Gasteiger partial charge in [-0.1, -0.05) is 24.3 Å². The van der Waals surface area contributed by atoms with Crippen molar-refractivity contribution in [3.8, 4) is 5.69 Å². The second kappa shape index (κ2) is 7.29. The van der Waals surface area contributed by atoms with Gasteiger partial charge in [-0.05, 0) is 37.5 Å². The average Bonchev–Trinajstić information content (AvgIpc) is 3.16. The van der Waals surface area contributed by atoms with Crippen molar-refractivity contribution in [2.45, 2.75) is 25.8 Å². The van der Waals surface area contributed by atoms with E-state index in [0.717, 1.165) is 11.3 Å². The Morgan fingerprint density at radius 3 is 2.48 bits per heavy atom. The summed E-state index contributed by atoms with van der Waals surface area (Å²) in [4.78, 5) is 27.8. The smallest absolute Gasteiger partial charge is 0.307 e. The molecule has 25 heavy (non-hydrogen) atoms. The second-order valence-corrected chi connectivity index (χ2v) is 6.16. The fourth-order valence-corrected chi connectivity index (χ4v) is 3.04. The number of benzene rings is 1. The Balaban J connectivity index is 1.67. The lowest BCUT2D eigenvalue weighted by Crippen LogP contribution is -2.39. The van der Waals surface area contributed by atoms with Gasteiger partial charge in [-0.25, -0.2) is 9.67 Å². The van der Waals surface area contributed by atoms with Gasteiger partial charge in [-0.15, -0.1) is 0 Å². The number of nitrogens with one attached hydrogen (secondary N) is 1. The molecule has 7 nitrogen and oxygen atoms in total. The van der Waals surface area contributed by atoms with Crippen LogP contribution in [0.2, 0.25) is 0 Å². The normalized spacial score (nSPS) is 20.8. The molecule has 130 valence electrons. The number of aliphatic carboxylic acids is 1. The molecule has 2 N–H and O–H groups in total. The molecule has 0 bridgehead atoms. The molecule has 3 atom stereocenters. The van der Waals surface area contributed by atoms with E-state index in [-0.39, 0.29) is 11.9 Å². The zero-order valence-electron chi connectivity index (χ0n) is 13.9. The molecule has 0 aliphatic heterocycles. The van der Waals surface area contributed by atoms with E-state index in [9.17, 15) is 14.7 Å². The number of aromatic nitrogens is 3. The van der Waals surface area contributed by atoms with Crippen LogP contribution in [-0.4, -0.2) is 31.7 Å². The molecule has 2 aromatic rings. The Bertz CT molecular complexity index is 768. The second-order valence-electron chi connectivity index (χ2n) is 6.16. The van der Waals surface area contributed by atoms with Crippen LogP contribution in [0.3, 0.4) is 0 Å². The van der Waals surface area contributed by atoms with E-state index in [0.29, 0.717) is 12.8 Å². The Hall–Kier alpha value is -2.96. The van der Waals surface area contributed by atoms with Crippen LogP contribution < -0.4 is 5.32 Å². The maximum absolute atomic E-state index is 12.5. The third kappa shape index (κ3) is 3.76. The largest absolute Gasteiger partial charge is 0.481 e. The lowest BCUT2D eigenvalue weighted by atomic mass is 9.82. The SMILES string of the molecule is C[C@H](NC(=O)[C@@H]1CC=CC[C@H]1C(=O)O)c1ccc(-n2cncn2)cc1. The summed E-state index contributed by atoms with van der Waals surface area (Å²) in [6.07, 6.45) is 7.64. The molecule has 3 rings (SSSR count). The lowest BCUT2D eigenvalue weighted by molar-refractivity contribution is -0.147. The quantitative estimate of drug-likeness (QED) is 0.813. The topological polar surface area (TPSA) is 97.1 Å². The molecule has 1 aliphatic rings. The van der Waals surface area contributed by atoms with Crippen molar-refractivity contribution >= 4 is 11.9 Å². The first-order chi connectivity index (χ1) is 12.1. The first-order valence-electron chi connectivity index (χ1n) is 8.19. The summed E-state index contributed by atoms with van der Waals surface area (Å²) in [5.74, 6) is -2.33. The molecule has 0 unspecified atom stereocenters. The maximum Gasteiger partial charge on any atom is 0.307 e. The third-order valence-corrected chi connectivity index (χ3v) is 4.52. The van der Waals surface area contributed by atoms with Gasteiger partial charge in [0.05, 0.1) is 23.6 Å². The number of nitrogens with zero attached hydrogens (tertiary/aromatic N) is 3. The molecule has 1 amide bonds. The standard InChI is InChI=1S/C18H20N4O3/c1-12(13-6-8-14(9-7-13)22-11-19-10-20-22)21-17(23)15-4-2-3-5-16(15)18(24)25/h2-3,6-12,15-16H,4-5H2,1H3,(H,21,23)(H,24,25)/t12-,15+,16+/m0/s1. The van der Waals surface area contributed by atoms with Crippen molar-refractivity contribution in [2.75, 3.05) is 0 Å². The number of amides is 1. The molecule has 0 saturated carbocycles. The predicted molar refractivity (Wildman–Crippen MR) is 90.9 cm³/mol. The van der Waals surface area contributed by atoms with E-state index in [1.54, 1.807) is 11.0 Å². The molecular weight excluding hydrogens is 320 g/mol. The molecule has 7 heteroatoms. The Morgan fingerprint density at radius 1 is 1.20 bits per heavy atom. The van der Waals surface area contributed by atoms with E-state index in [1.165, 1.54) is 6.33 Å². The average molecular weight is 340 g/mol. The molecular formula is C18H20N4O3. The summed E-state index contributed by atoms with van der Waals surface area (Å²) in [5, 5.41) is 16.3. The molecule has 0 saturated heterocycles. The highest BCUT2D eigenvalue weighted by Gasteiger charge is 2.34. The van der Waals surface area contributed by atoms with Gasteiger partial charge in [-0.2, -0.15) is 5.10 Å².